The average molecular weight is 478 g/mol. The summed E-state index contributed by atoms with van der Waals surface area (Å²) in [5, 5.41) is 4.61. The van der Waals surface area contributed by atoms with Crippen LogP contribution in [0.25, 0.3) is 10.9 Å². The van der Waals surface area contributed by atoms with Crippen molar-refractivity contribution < 1.29 is 4.74 Å². The number of aromatic amines is 1. The third-order valence-corrected chi connectivity index (χ3v) is 4.32. The number of methoxy groups -OCH3 is 1. The number of aliphatic imine (C=N–C) groups is 1. The molecule has 3 aromatic rings. The smallest absolute Gasteiger partial charge is 0.193 e. The van der Waals surface area contributed by atoms with E-state index in [2.05, 4.69) is 34.7 Å². The molecule has 2 aromatic carbocycles. The van der Waals surface area contributed by atoms with Gasteiger partial charge in [-0.2, -0.15) is 0 Å². The van der Waals surface area contributed by atoms with Gasteiger partial charge in [-0.3, -0.25) is 0 Å². The van der Waals surface area contributed by atoms with Crippen LogP contribution in [0.15, 0.2) is 59.7 Å². The molecular weight excluding hydrogens is 451 g/mol. The summed E-state index contributed by atoms with van der Waals surface area (Å²) in [6.45, 7) is 1.47. The lowest BCUT2D eigenvalue weighted by Gasteiger charge is -2.17. The maximum atomic E-state index is 5.51. The van der Waals surface area contributed by atoms with Crippen molar-refractivity contribution in [1.29, 1.82) is 0 Å². The maximum Gasteiger partial charge on any atom is 0.193 e. The molecule has 3 rings (SSSR count). The van der Waals surface area contributed by atoms with Crippen LogP contribution in [-0.4, -0.2) is 43.6 Å². The molecule has 0 atom stereocenters. The first-order chi connectivity index (χ1) is 12.7. The number of ether oxygens (including phenoxy) is 1. The highest BCUT2D eigenvalue weighted by molar-refractivity contribution is 14.0. The lowest BCUT2D eigenvalue weighted by Crippen LogP contribution is -2.37. The first-order valence-electron chi connectivity index (χ1n) is 8.81. The molecule has 0 saturated heterocycles. The Labute approximate surface area is 177 Å². The first-order valence-corrected chi connectivity index (χ1v) is 8.81. The summed E-state index contributed by atoms with van der Waals surface area (Å²) in [5.41, 5.74) is 3.55. The molecule has 0 aliphatic carbocycles. The Morgan fingerprint density at radius 2 is 1.89 bits per heavy atom. The quantitative estimate of drug-likeness (QED) is 0.320. The van der Waals surface area contributed by atoms with Gasteiger partial charge in [-0.15, -0.1) is 24.0 Å². The van der Waals surface area contributed by atoms with Gasteiger partial charge in [-0.1, -0.05) is 36.4 Å². The van der Waals surface area contributed by atoms with Crippen LogP contribution in [0.1, 0.15) is 11.1 Å². The molecule has 0 fully saturated rings. The van der Waals surface area contributed by atoms with Crippen molar-refractivity contribution >= 4 is 40.8 Å². The van der Waals surface area contributed by atoms with Crippen LogP contribution < -0.4 is 10.1 Å². The Balaban J connectivity index is 0.00000261. The zero-order valence-electron chi connectivity index (χ0n) is 16.0. The molecule has 6 heteroatoms. The summed E-state index contributed by atoms with van der Waals surface area (Å²) < 4.78 is 5.51. The molecule has 5 nitrogen and oxygen atoms in total. The summed E-state index contributed by atoms with van der Waals surface area (Å²) in [5.74, 6) is 1.80. The molecule has 27 heavy (non-hydrogen) atoms. The zero-order chi connectivity index (χ0) is 18.4. The van der Waals surface area contributed by atoms with Gasteiger partial charge >= 0.3 is 0 Å². The van der Waals surface area contributed by atoms with Crippen molar-refractivity contribution in [3.8, 4) is 5.75 Å². The number of nitrogens with zero attached hydrogens (tertiary/aromatic N) is 2. The summed E-state index contributed by atoms with van der Waals surface area (Å²) in [7, 11) is 5.72. The largest absolute Gasteiger partial charge is 0.496 e. The number of nitrogens with one attached hydrogen (secondary N) is 2. The van der Waals surface area contributed by atoms with E-state index in [9.17, 15) is 0 Å². The van der Waals surface area contributed by atoms with Gasteiger partial charge in [0, 0.05) is 37.7 Å². The van der Waals surface area contributed by atoms with E-state index in [4.69, 9.17) is 9.73 Å². The maximum absolute atomic E-state index is 5.51. The zero-order valence-corrected chi connectivity index (χ0v) is 18.4. The van der Waals surface area contributed by atoms with Gasteiger partial charge < -0.3 is 19.9 Å². The van der Waals surface area contributed by atoms with E-state index >= 15 is 0 Å². The second kappa shape index (κ2) is 10.2. The molecule has 0 radical (unpaired) electrons. The van der Waals surface area contributed by atoms with E-state index < -0.39 is 0 Å². The lowest BCUT2D eigenvalue weighted by atomic mass is 10.1. The average Bonchev–Trinajstić information content (AvgIpc) is 3.08. The van der Waals surface area contributed by atoms with Gasteiger partial charge in [-0.05, 0) is 29.7 Å². The Morgan fingerprint density at radius 3 is 2.59 bits per heavy atom. The highest BCUT2D eigenvalue weighted by Crippen LogP contribution is 2.28. The number of guanidine groups is 1. The third kappa shape index (κ3) is 5.38. The van der Waals surface area contributed by atoms with Gasteiger partial charge in [0.25, 0.3) is 0 Å². The second-order valence-corrected chi connectivity index (χ2v) is 6.39. The van der Waals surface area contributed by atoms with Crippen LogP contribution >= 0.6 is 24.0 Å². The number of hydrogen-bond acceptors (Lipinski definition) is 2. The molecule has 2 N–H and O–H groups in total. The summed E-state index contributed by atoms with van der Waals surface area (Å²) in [4.78, 5) is 10.0. The number of halogens is 1. The Hall–Kier alpha value is -2.22. The Bertz CT molecular complexity index is 874. The molecule has 0 aliphatic heterocycles. The van der Waals surface area contributed by atoms with Crippen molar-refractivity contribution in [2.24, 2.45) is 4.99 Å². The molecule has 0 spiro atoms. The van der Waals surface area contributed by atoms with E-state index in [1.807, 2.05) is 49.3 Å². The predicted molar refractivity (Wildman–Crippen MR) is 123 cm³/mol. The van der Waals surface area contributed by atoms with E-state index in [1.165, 1.54) is 11.1 Å². The number of hydrogen-bond donors (Lipinski definition) is 2. The molecule has 0 aliphatic rings. The van der Waals surface area contributed by atoms with Crippen molar-refractivity contribution in [2.75, 3.05) is 27.7 Å². The predicted octanol–water partition coefficient (Wildman–Crippen LogP) is 4.04. The molecule has 0 saturated carbocycles. The third-order valence-electron chi connectivity index (χ3n) is 4.32. The van der Waals surface area contributed by atoms with Gasteiger partial charge in [0.2, 0.25) is 0 Å². The lowest BCUT2D eigenvalue weighted by molar-refractivity contribution is 0.419. The molecule has 0 amide bonds. The molecule has 144 valence electrons. The monoisotopic (exact) mass is 478 g/mol. The summed E-state index contributed by atoms with van der Waals surface area (Å²) in [6, 6.07) is 16.4. The minimum absolute atomic E-state index is 0. The standard InChI is InChI=1S/C21H26N4O.HI/c1-25(2)21(24-14-16-8-5-4-6-9-16)22-13-12-17-15-23-18-10-7-11-19(26-3)20(17)18;/h4-11,15,23H,12-14H2,1-3H3,(H,22,24);1H. The highest BCUT2D eigenvalue weighted by Gasteiger charge is 2.09. The SMILES string of the molecule is COc1cccc2[nH]cc(CCNC(=NCc3ccccc3)N(C)C)c12.I. The van der Waals surface area contributed by atoms with Crippen LogP contribution in [0, 0.1) is 0 Å². The Morgan fingerprint density at radius 1 is 1.11 bits per heavy atom. The summed E-state index contributed by atoms with van der Waals surface area (Å²) in [6.07, 6.45) is 2.95. The molecule has 0 bridgehead atoms. The van der Waals surface area contributed by atoms with Gasteiger partial charge in [0.1, 0.15) is 5.75 Å². The van der Waals surface area contributed by atoms with Gasteiger partial charge in [-0.25, -0.2) is 4.99 Å². The topological polar surface area (TPSA) is 52.6 Å². The van der Waals surface area contributed by atoms with Crippen molar-refractivity contribution in [1.82, 2.24) is 15.2 Å². The molecular formula is C21H27IN4O. The van der Waals surface area contributed by atoms with Crippen molar-refractivity contribution in [2.45, 2.75) is 13.0 Å². The summed E-state index contributed by atoms with van der Waals surface area (Å²) >= 11 is 0. The number of rotatable bonds is 6. The van der Waals surface area contributed by atoms with Crippen LogP contribution in [0.4, 0.5) is 0 Å². The van der Waals surface area contributed by atoms with Crippen molar-refractivity contribution in [3.05, 3.63) is 65.9 Å². The number of aromatic nitrogens is 1. The Kier molecular flexibility index (Phi) is 7.97. The molecule has 0 unspecified atom stereocenters. The van der Waals surface area contributed by atoms with E-state index in [-0.39, 0.29) is 24.0 Å². The molecule has 1 aromatic heterocycles. The normalized spacial score (nSPS) is 11.1. The van der Waals surface area contributed by atoms with Crippen molar-refractivity contribution in [3.63, 3.8) is 0 Å². The second-order valence-electron chi connectivity index (χ2n) is 6.39. The van der Waals surface area contributed by atoms with E-state index in [0.717, 1.165) is 35.6 Å². The van der Waals surface area contributed by atoms with Crippen LogP contribution in [0.2, 0.25) is 0 Å². The van der Waals surface area contributed by atoms with Gasteiger partial charge in [0.15, 0.2) is 5.96 Å². The molecule has 1 heterocycles. The fourth-order valence-corrected chi connectivity index (χ4v) is 3.00. The number of benzene rings is 2. The van der Waals surface area contributed by atoms with Crippen LogP contribution in [0.3, 0.4) is 0 Å². The van der Waals surface area contributed by atoms with E-state index in [1.54, 1.807) is 7.11 Å². The highest BCUT2D eigenvalue weighted by atomic mass is 127. The fraction of sp³-hybridized carbons (Fsp3) is 0.286. The van der Waals surface area contributed by atoms with Gasteiger partial charge in [0.05, 0.1) is 13.7 Å². The van der Waals surface area contributed by atoms with E-state index in [0.29, 0.717) is 6.54 Å². The first kappa shape index (κ1) is 21.1. The number of fused-ring (bicyclic) bond motifs is 1. The number of H-pyrrole nitrogens is 1. The minimum Gasteiger partial charge on any atom is -0.496 e. The minimum atomic E-state index is 0. The van der Waals surface area contributed by atoms with Crippen LogP contribution in [-0.2, 0) is 13.0 Å². The fourth-order valence-electron chi connectivity index (χ4n) is 3.00. The van der Waals surface area contributed by atoms with Crippen LogP contribution in [0.5, 0.6) is 5.75 Å².